The number of nitrogen functional groups attached to an aromatic ring is 1. The topological polar surface area (TPSA) is 69.6 Å². The van der Waals surface area contributed by atoms with E-state index in [-0.39, 0.29) is 0 Å². The van der Waals surface area contributed by atoms with Crippen LogP contribution in [-0.2, 0) is 13.0 Å². The Morgan fingerprint density at radius 1 is 1.33 bits per heavy atom. The fourth-order valence-corrected chi connectivity index (χ4v) is 2.53. The SMILES string of the molecule is Cc1ccc2nc(N)n(CCc3nccs3)c2n1. The first-order chi connectivity index (χ1) is 8.74. The van der Waals surface area contributed by atoms with Crippen molar-refractivity contribution in [1.82, 2.24) is 19.5 Å². The minimum Gasteiger partial charge on any atom is -0.369 e. The maximum atomic E-state index is 5.94. The van der Waals surface area contributed by atoms with Crippen molar-refractivity contribution in [2.45, 2.75) is 19.9 Å². The fourth-order valence-electron chi connectivity index (χ4n) is 1.92. The minimum atomic E-state index is 0.514. The smallest absolute Gasteiger partial charge is 0.202 e. The third-order valence-corrected chi connectivity index (χ3v) is 3.63. The Morgan fingerprint density at radius 2 is 2.22 bits per heavy atom. The van der Waals surface area contributed by atoms with E-state index < -0.39 is 0 Å². The van der Waals surface area contributed by atoms with Crippen LogP contribution in [0.4, 0.5) is 5.95 Å². The van der Waals surface area contributed by atoms with Crippen molar-refractivity contribution < 1.29 is 0 Å². The molecule has 0 aromatic carbocycles. The van der Waals surface area contributed by atoms with E-state index in [9.17, 15) is 0 Å². The standard InChI is InChI=1S/C12H13N5S/c1-8-2-3-9-11(15-8)17(12(13)16-9)6-4-10-14-5-7-18-10/h2-3,5,7H,4,6H2,1H3,(H2,13,16). The van der Waals surface area contributed by atoms with Gasteiger partial charge < -0.3 is 5.73 Å². The molecule has 0 radical (unpaired) electrons. The minimum absolute atomic E-state index is 0.514. The molecule has 5 nitrogen and oxygen atoms in total. The van der Waals surface area contributed by atoms with Gasteiger partial charge in [0.1, 0.15) is 5.52 Å². The van der Waals surface area contributed by atoms with Crippen LogP contribution >= 0.6 is 11.3 Å². The lowest BCUT2D eigenvalue weighted by Gasteiger charge is -2.04. The molecular formula is C12H13N5S. The van der Waals surface area contributed by atoms with Gasteiger partial charge in [0, 0.05) is 30.2 Å². The molecule has 0 aliphatic heterocycles. The van der Waals surface area contributed by atoms with Crippen LogP contribution < -0.4 is 5.73 Å². The highest BCUT2D eigenvalue weighted by atomic mass is 32.1. The fraction of sp³-hybridized carbons (Fsp3) is 0.250. The summed E-state index contributed by atoms with van der Waals surface area (Å²) in [7, 11) is 0. The average Bonchev–Trinajstić information content (AvgIpc) is 2.94. The highest BCUT2D eigenvalue weighted by Crippen LogP contribution is 2.17. The van der Waals surface area contributed by atoms with Crippen LogP contribution in [0.3, 0.4) is 0 Å². The highest BCUT2D eigenvalue weighted by molar-refractivity contribution is 7.09. The zero-order valence-electron chi connectivity index (χ0n) is 10.00. The van der Waals surface area contributed by atoms with E-state index in [2.05, 4.69) is 15.0 Å². The van der Waals surface area contributed by atoms with Crippen LogP contribution in [0, 0.1) is 6.92 Å². The Morgan fingerprint density at radius 3 is 3.00 bits per heavy atom. The van der Waals surface area contributed by atoms with Gasteiger partial charge >= 0.3 is 0 Å². The number of thiazole rings is 1. The summed E-state index contributed by atoms with van der Waals surface area (Å²) in [6, 6.07) is 3.90. The van der Waals surface area contributed by atoms with E-state index in [1.807, 2.05) is 35.2 Å². The molecule has 0 aliphatic rings. The number of hydrogen-bond donors (Lipinski definition) is 1. The van der Waals surface area contributed by atoms with Gasteiger partial charge in [-0.1, -0.05) is 0 Å². The molecule has 0 amide bonds. The number of nitrogens with two attached hydrogens (primary N) is 1. The second-order valence-corrected chi connectivity index (χ2v) is 5.07. The van der Waals surface area contributed by atoms with Crippen LogP contribution in [0.1, 0.15) is 10.7 Å². The average molecular weight is 259 g/mol. The van der Waals surface area contributed by atoms with Crippen molar-refractivity contribution in [3.63, 3.8) is 0 Å². The summed E-state index contributed by atoms with van der Waals surface area (Å²) in [5.41, 5.74) is 8.60. The lowest BCUT2D eigenvalue weighted by Crippen LogP contribution is -2.06. The van der Waals surface area contributed by atoms with Crippen LogP contribution in [0.15, 0.2) is 23.7 Å². The predicted octanol–water partition coefficient (Wildman–Crippen LogP) is 2.02. The first-order valence-electron chi connectivity index (χ1n) is 5.72. The number of pyridine rings is 1. The maximum Gasteiger partial charge on any atom is 0.202 e. The Kier molecular flexibility index (Phi) is 2.71. The lowest BCUT2D eigenvalue weighted by molar-refractivity contribution is 0.716. The first-order valence-corrected chi connectivity index (χ1v) is 6.60. The summed E-state index contributed by atoms with van der Waals surface area (Å²) in [6.45, 7) is 2.72. The second kappa shape index (κ2) is 4.38. The molecule has 0 saturated carbocycles. The normalized spacial score (nSPS) is 11.2. The summed E-state index contributed by atoms with van der Waals surface area (Å²) < 4.78 is 1.95. The molecule has 2 N–H and O–H groups in total. The van der Waals surface area contributed by atoms with Gasteiger partial charge in [-0.05, 0) is 19.1 Å². The summed E-state index contributed by atoms with van der Waals surface area (Å²) in [4.78, 5) is 13.1. The van der Waals surface area contributed by atoms with E-state index in [4.69, 9.17) is 5.73 Å². The Balaban J connectivity index is 1.95. The molecule has 3 aromatic rings. The quantitative estimate of drug-likeness (QED) is 0.781. The molecule has 6 heteroatoms. The van der Waals surface area contributed by atoms with E-state index >= 15 is 0 Å². The molecular weight excluding hydrogens is 246 g/mol. The Bertz CT molecular complexity index is 671. The summed E-state index contributed by atoms with van der Waals surface area (Å²) >= 11 is 1.65. The summed E-state index contributed by atoms with van der Waals surface area (Å²) in [6.07, 6.45) is 2.67. The summed E-state index contributed by atoms with van der Waals surface area (Å²) in [5, 5.41) is 3.08. The van der Waals surface area contributed by atoms with Crippen molar-refractivity contribution >= 4 is 28.4 Å². The van der Waals surface area contributed by atoms with Crippen molar-refractivity contribution in [2.24, 2.45) is 0 Å². The van der Waals surface area contributed by atoms with Crippen LogP contribution in [0.25, 0.3) is 11.2 Å². The van der Waals surface area contributed by atoms with Crippen LogP contribution in [0.5, 0.6) is 0 Å². The van der Waals surface area contributed by atoms with Gasteiger partial charge in [0.25, 0.3) is 0 Å². The largest absolute Gasteiger partial charge is 0.369 e. The van der Waals surface area contributed by atoms with Crippen LogP contribution in [-0.4, -0.2) is 19.5 Å². The van der Waals surface area contributed by atoms with Gasteiger partial charge in [0.15, 0.2) is 5.65 Å². The highest BCUT2D eigenvalue weighted by Gasteiger charge is 2.09. The molecule has 3 heterocycles. The van der Waals surface area contributed by atoms with Gasteiger partial charge in [0.2, 0.25) is 5.95 Å². The lowest BCUT2D eigenvalue weighted by atomic mass is 10.3. The van der Waals surface area contributed by atoms with E-state index in [0.717, 1.165) is 34.8 Å². The van der Waals surface area contributed by atoms with Gasteiger partial charge in [-0.25, -0.2) is 15.0 Å². The van der Waals surface area contributed by atoms with E-state index in [1.165, 1.54) is 0 Å². The number of imidazole rings is 1. The van der Waals surface area contributed by atoms with Crippen molar-refractivity contribution in [3.8, 4) is 0 Å². The molecule has 0 atom stereocenters. The molecule has 0 fully saturated rings. The number of anilines is 1. The Hall–Kier alpha value is -1.95. The summed E-state index contributed by atoms with van der Waals surface area (Å²) in [5.74, 6) is 0.514. The predicted molar refractivity (Wildman–Crippen MR) is 72.5 cm³/mol. The molecule has 3 aromatic heterocycles. The van der Waals surface area contributed by atoms with Gasteiger partial charge in [-0.2, -0.15) is 0 Å². The number of rotatable bonds is 3. The van der Waals surface area contributed by atoms with E-state index in [0.29, 0.717) is 5.95 Å². The number of aryl methyl sites for hydroxylation is 3. The first kappa shape index (κ1) is 11.2. The molecule has 0 aliphatic carbocycles. The molecule has 0 bridgehead atoms. The second-order valence-electron chi connectivity index (χ2n) is 4.09. The molecule has 0 saturated heterocycles. The van der Waals surface area contributed by atoms with Crippen molar-refractivity contribution in [3.05, 3.63) is 34.4 Å². The molecule has 18 heavy (non-hydrogen) atoms. The molecule has 0 spiro atoms. The monoisotopic (exact) mass is 259 g/mol. The molecule has 3 rings (SSSR count). The third kappa shape index (κ3) is 1.95. The van der Waals surface area contributed by atoms with Gasteiger partial charge in [-0.3, -0.25) is 4.57 Å². The van der Waals surface area contributed by atoms with Crippen LogP contribution in [0.2, 0.25) is 0 Å². The number of fused-ring (bicyclic) bond motifs is 1. The zero-order valence-corrected chi connectivity index (χ0v) is 10.8. The maximum absolute atomic E-state index is 5.94. The van der Waals surface area contributed by atoms with Crippen molar-refractivity contribution in [1.29, 1.82) is 0 Å². The molecule has 92 valence electrons. The third-order valence-electron chi connectivity index (χ3n) is 2.79. The van der Waals surface area contributed by atoms with Gasteiger partial charge in [0.05, 0.1) is 5.01 Å². The Labute approximate surface area is 108 Å². The van der Waals surface area contributed by atoms with Gasteiger partial charge in [-0.15, -0.1) is 11.3 Å². The number of hydrogen-bond acceptors (Lipinski definition) is 5. The molecule has 0 unspecified atom stereocenters. The van der Waals surface area contributed by atoms with E-state index in [1.54, 1.807) is 11.3 Å². The number of aromatic nitrogens is 4. The number of nitrogens with zero attached hydrogens (tertiary/aromatic N) is 4. The zero-order chi connectivity index (χ0) is 12.5. The van der Waals surface area contributed by atoms with Crippen molar-refractivity contribution in [2.75, 3.05) is 5.73 Å².